The number of hydrogen-bond donors (Lipinski definition) is 0. The molecule has 0 aliphatic carbocycles. The molecule has 0 atom stereocenters. The van der Waals surface area contributed by atoms with Gasteiger partial charge in [-0.1, -0.05) is 19.1 Å². The Balaban J connectivity index is 2.34. The van der Waals surface area contributed by atoms with Crippen LogP contribution in [0, 0.1) is 0 Å². The molecule has 0 N–H and O–H groups in total. The first-order valence-electron chi connectivity index (χ1n) is 5.51. The Morgan fingerprint density at radius 2 is 1.88 bits per heavy atom. The predicted octanol–water partition coefficient (Wildman–Crippen LogP) is 3.88. The fourth-order valence-corrected chi connectivity index (χ4v) is 2.04. The summed E-state index contributed by atoms with van der Waals surface area (Å²) in [6.45, 7) is 1.79. The van der Waals surface area contributed by atoms with Crippen LogP contribution in [-0.2, 0) is 4.79 Å². The van der Waals surface area contributed by atoms with E-state index < -0.39 is 0 Å². The van der Waals surface area contributed by atoms with Crippen molar-refractivity contribution in [1.82, 2.24) is 0 Å². The highest BCUT2D eigenvalue weighted by Crippen LogP contribution is 2.25. The Hall–Kier alpha value is -1.48. The lowest BCUT2D eigenvalue weighted by Crippen LogP contribution is -2.05. The summed E-state index contributed by atoms with van der Waals surface area (Å²) >= 11 is 1.72. The van der Waals surface area contributed by atoms with Crippen molar-refractivity contribution in [3.63, 3.8) is 0 Å². The second-order valence-corrected chi connectivity index (χ2v) is 4.58. The summed E-state index contributed by atoms with van der Waals surface area (Å²) in [7, 11) is 0. The Morgan fingerprint density at radius 1 is 1.18 bits per heavy atom. The summed E-state index contributed by atoms with van der Waals surface area (Å²) in [6, 6.07) is 12.0. The van der Waals surface area contributed by atoms with Crippen molar-refractivity contribution in [2.24, 2.45) is 0 Å². The first-order chi connectivity index (χ1) is 8.22. The van der Waals surface area contributed by atoms with Gasteiger partial charge in [-0.15, -0.1) is 11.8 Å². The van der Waals surface area contributed by atoms with Crippen LogP contribution in [0.4, 0.5) is 0 Å². The number of carbonyl (C=O) groups excluding carboxylic acids is 1. The summed E-state index contributed by atoms with van der Waals surface area (Å²) in [6.07, 6.45) is 2.45. The van der Waals surface area contributed by atoms with Gasteiger partial charge in [0.1, 0.15) is 5.75 Å². The number of benzene rings is 2. The highest BCUT2D eigenvalue weighted by Gasteiger charge is 2.03. The third-order valence-electron chi connectivity index (χ3n) is 2.54. The molecule has 0 unspecified atom stereocenters. The van der Waals surface area contributed by atoms with Crippen LogP contribution in [0.25, 0.3) is 10.8 Å². The third-order valence-corrected chi connectivity index (χ3v) is 3.26. The monoisotopic (exact) mass is 246 g/mol. The minimum absolute atomic E-state index is 0.204. The van der Waals surface area contributed by atoms with Crippen molar-refractivity contribution >= 4 is 28.5 Å². The van der Waals surface area contributed by atoms with Gasteiger partial charge >= 0.3 is 5.97 Å². The Bertz CT molecular complexity index is 549. The molecule has 0 saturated carbocycles. The summed E-state index contributed by atoms with van der Waals surface area (Å²) < 4.78 is 5.18. The van der Waals surface area contributed by atoms with Crippen LogP contribution in [0.1, 0.15) is 13.3 Å². The maximum absolute atomic E-state index is 11.2. The maximum atomic E-state index is 11.2. The van der Waals surface area contributed by atoms with Crippen molar-refractivity contribution in [3.8, 4) is 5.75 Å². The van der Waals surface area contributed by atoms with Gasteiger partial charge in [0.2, 0.25) is 0 Å². The molecule has 0 radical (unpaired) electrons. The molecule has 2 aromatic rings. The predicted molar refractivity (Wildman–Crippen MR) is 71.7 cm³/mol. The van der Waals surface area contributed by atoms with Crippen LogP contribution in [0.5, 0.6) is 5.75 Å². The molecule has 0 amide bonds. The molecule has 0 aromatic heterocycles. The van der Waals surface area contributed by atoms with Crippen LogP contribution in [0.2, 0.25) is 0 Å². The van der Waals surface area contributed by atoms with E-state index in [2.05, 4.69) is 18.4 Å². The second-order valence-electron chi connectivity index (χ2n) is 3.70. The highest BCUT2D eigenvalue weighted by atomic mass is 32.2. The molecule has 0 aliphatic heterocycles. The second kappa shape index (κ2) is 5.23. The number of fused-ring (bicyclic) bond motifs is 1. The first-order valence-corrected chi connectivity index (χ1v) is 6.74. The van der Waals surface area contributed by atoms with Gasteiger partial charge in [0.05, 0.1) is 0 Å². The lowest BCUT2D eigenvalue weighted by molar-refractivity contribution is -0.134. The third kappa shape index (κ3) is 2.80. The van der Waals surface area contributed by atoms with Crippen molar-refractivity contribution in [1.29, 1.82) is 0 Å². The van der Waals surface area contributed by atoms with Crippen LogP contribution in [0.3, 0.4) is 0 Å². The molecule has 2 rings (SSSR count). The Labute approximate surface area is 105 Å². The molecular weight excluding hydrogens is 232 g/mol. The standard InChI is InChI=1S/C14H14O2S/c1-3-14(15)16-12-6-4-11-9-13(17-2)7-5-10(11)8-12/h4-9H,3H2,1-2H3. The molecule has 2 nitrogen and oxygen atoms in total. The van der Waals surface area contributed by atoms with E-state index in [1.165, 1.54) is 4.90 Å². The van der Waals surface area contributed by atoms with E-state index in [1.54, 1.807) is 18.7 Å². The minimum Gasteiger partial charge on any atom is -0.427 e. The number of carbonyl (C=O) groups is 1. The number of thioether (sulfide) groups is 1. The number of ether oxygens (including phenoxy) is 1. The van der Waals surface area contributed by atoms with Crippen molar-refractivity contribution in [3.05, 3.63) is 36.4 Å². The minimum atomic E-state index is -0.204. The number of esters is 1. The SMILES string of the molecule is CCC(=O)Oc1ccc2cc(SC)ccc2c1. The molecule has 0 bridgehead atoms. The molecule has 0 spiro atoms. The zero-order valence-electron chi connectivity index (χ0n) is 9.90. The van der Waals surface area contributed by atoms with Crippen molar-refractivity contribution in [2.75, 3.05) is 6.26 Å². The molecule has 88 valence electrons. The lowest BCUT2D eigenvalue weighted by atomic mass is 10.1. The largest absolute Gasteiger partial charge is 0.427 e. The molecule has 3 heteroatoms. The Morgan fingerprint density at radius 3 is 2.59 bits per heavy atom. The molecule has 0 saturated heterocycles. The van der Waals surface area contributed by atoms with E-state index in [0.717, 1.165) is 10.8 Å². The van der Waals surface area contributed by atoms with Gasteiger partial charge < -0.3 is 4.74 Å². The average molecular weight is 246 g/mol. The zero-order chi connectivity index (χ0) is 12.3. The van der Waals surface area contributed by atoms with Gasteiger partial charge in [0, 0.05) is 11.3 Å². The van der Waals surface area contributed by atoms with Gasteiger partial charge in [-0.3, -0.25) is 4.79 Å². The van der Waals surface area contributed by atoms with Gasteiger partial charge in [0.15, 0.2) is 0 Å². The highest BCUT2D eigenvalue weighted by molar-refractivity contribution is 7.98. The number of hydrogen-bond acceptors (Lipinski definition) is 3. The van der Waals surface area contributed by atoms with E-state index in [4.69, 9.17) is 4.74 Å². The Kier molecular flexibility index (Phi) is 3.69. The smallest absolute Gasteiger partial charge is 0.310 e. The van der Waals surface area contributed by atoms with Crippen LogP contribution in [-0.4, -0.2) is 12.2 Å². The first kappa shape index (κ1) is 12.0. The van der Waals surface area contributed by atoms with Gasteiger partial charge in [-0.2, -0.15) is 0 Å². The molecule has 0 heterocycles. The maximum Gasteiger partial charge on any atom is 0.310 e. The lowest BCUT2D eigenvalue weighted by Gasteiger charge is -2.05. The quantitative estimate of drug-likeness (QED) is 0.467. The summed E-state index contributed by atoms with van der Waals surface area (Å²) in [5.74, 6) is 0.409. The van der Waals surface area contributed by atoms with Crippen LogP contribution >= 0.6 is 11.8 Å². The molecule has 0 aliphatic rings. The summed E-state index contributed by atoms with van der Waals surface area (Å²) in [5, 5.41) is 2.25. The van der Waals surface area contributed by atoms with E-state index in [9.17, 15) is 4.79 Å². The van der Waals surface area contributed by atoms with Gasteiger partial charge in [0.25, 0.3) is 0 Å². The van der Waals surface area contributed by atoms with Crippen molar-refractivity contribution in [2.45, 2.75) is 18.2 Å². The average Bonchev–Trinajstić information content (AvgIpc) is 2.38. The van der Waals surface area contributed by atoms with Crippen LogP contribution < -0.4 is 4.74 Å². The molecule has 2 aromatic carbocycles. The van der Waals surface area contributed by atoms with Crippen LogP contribution in [0.15, 0.2) is 41.3 Å². The van der Waals surface area contributed by atoms with Gasteiger partial charge in [-0.05, 0) is 41.3 Å². The molecular formula is C14H14O2S. The van der Waals surface area contributed by atoms with Crippen molar-refractivity contribution < 1.29 is 9.53 Å². The summed E-state index contributed by atoms with van der Waals surface area (Å²) in [5.41, 5.74) is 0. The van der Waals surface area contributed by atoms with E-state index >= 15 is 0 Å². The molecule has 0 fully saturated rings. The molecule has 17 heavy (non-hydrogen) atoms. The van der Waals surface area contributed by atoms with E-state index in [0.29, 0.717) is 12.2 Å². The zero-order valence-corrected chi connectivity index (χ0v) is 10.7. The summed E-state index contributed by atoms with van der Waals surface area (Å²) in [4.78, 5) is 12.4. The fourth-order valence-electron chi connectivity index (χ4n) is 1.60. The fraction of sp³-hybridized carbons (Fsp3) is 0.214. The normalized spacial score (nSPS) is 10.5. The van der Waals surface area contributed by atoms with Gasteiger partial charge in [-0.25, -0.2) is 0 Å². The van der Waals surface area contributed by atoms with E-state index in [1.807, 2.05) is 24.3 Å². The number of rotatable bonds is 3. The van der Waals surface area contributed by atoms with E-state index in [-0.39, 0.29) is 5.97 Å². The topological polar surface area (TPSA) is 26.3 Å².